The number of pyridine rings is 1. The Morgan fingerprint density at radius 1 is 0.893 bits per heavy atom. The van der Waals surface area contributed by atoms with Crippen LogP contribution in [0.4, 0.5) is 0 Å². The molecule has 142 valence electrons. The second-order valence-electron chi connectivity index (χ2n) is 7.14. The van der Waals surface area contributed by atoms with Crippen molar-refractivity contribution in [1.82, 2.24) is 14.5 Å². The van der Waals surface area contributed by atoms with Crippen molar-refractivity contribution in [3.05, 3.63) is 88.9 Å². The normalized spacial score (nSPS) is 11.1. The Bertz CT molecular complexity index is 1080. The molecule has 4 rings (SSSR count). The fourth-order valence-electron chi connectivity index (χ4n) is 3.50. The van der Waals surface area contributed by atoms with Crippen LogP contribution in [0.5, 0.6) is 5.75 Å². The van der Waals surface area contributed by atoms with Gasteiger partial charge < -0.3 is 9.30 Å². The van der Waals surface area contributed by atoms with Gasteiger partial charge in [-0.1, -0.05) is 49.4 Å². The summed E-state index contributed by atoms with van der Waals surface area (Å²) in [6, 6.07) is 20.6. The van der Waals surface area contributed by atoms with Crippen molar-refractivity contribution >= 4 is 11.2 Å². The Balaban J connectivity index is 1.54. The van der Waals surface area contributed by atoms with Gasteiger partial charge >= 0.3 is 0 Å². The Kier molecular flexibility index (Phi) is 5.11. The monoisotopic (exact) mass is 371 g/mol. The van der Waals surface area contributed by atoms with Crippen LogP contribution in [-0.4, -0.2) is 14.5 Å². The number of nitrogens with zero attached hydrogens (tertiary/aromatic N) is 3. The first-order valence-electron chi connectivity index (χ1n) is 9.73. The van der Waals surface area contributed by atoms with E-state index in [0.717, 1.165) is 41.4 Å². The number of hydrogen-bond acceptors (Lipinski definition) is 3. The van der Waals surface area contributed by atoms with E-state index in [1.165, 1.54) is 16.7 Å². The molecule has 4 nitrogen and oxygen atoms in total. The van der Waals surface area contributed by atoms with Crippen molar-refractivity contribution in [2.24, 2.45) is 0 Å². The van der Waals surface area contributed by atoms with Crippen molar-refractivity contribution in [1.29, 1.82) is 0 Å². The van der Waals surface area contributed by atoms with Crippen molar-refractivity contribution < 1.29 is 4.74 Å². The molecule has 0 amide bonds. The van der Waals surface area contributed by atoms with Gasteiger partial charge in [0.15, 0.2) is 5.65 Å². The van der Waals surface area contributed by atoms with E-state index in [-0.39, 0.29) is 0 Å². The Morgan fingerprint density at radius 2 is 1.64 bits per heavy atom. The van der Waals surface area contributed by atoms with Crippen LogP contribution in [0, 0.1) is 13.8 Å². The lowest BCUT2D eigenvalue weighted by Crippen LogP contribution is -2.05. The molecule has 0 spiro atoms. The second kappa shape index (κ2) is 7.85. The van der Waals surface area contributed by atoms with Gasteiger partial charge in [0.05, 0.1) is 6.54 Å². The summed E-state index contributed by atoms with van der Waals surface area (Å²) in [6.45, 7) is 7.62. The van der Waals surface area contributed by atoms with E-state index in [1.54, 1.807) is 0 Å². The number of aryl methyl sites for hydroxylation is 3. The van der Waals surface area contributed by atoms with E-state index in [9.17, 15) is 0 Å². The van der Waals surface area contributed by atoms with E-state index in [1.807, 2.05) is 37.3 Å². The molecule has 0 unspecified atom stereocenters. The van der Waals surface area contributed by atoms with Crippen molar-refractivity contribution in [3.8, 4) is 5.75 Å². The zero-order valence-electron chi connectivity index (χ0n) is 16.6. The first kappa shape index (κ1) is 18.2. The quantitative estimate of drug-likeness (QED) is 0.465. The molecule has 0 aliphatic heterocycles. The van der Waals surface area contributed by atoms with Gasteiger partial charge in [-0.25, -0.2) is 9.97 Å². The zero-order valence-corrected chi connectivity index (χ0v) is 16.6. The highest BCUT2D eigenvalue weighted by atomic mass is 16.5. The van der Waals surface area contributed by atoms with Gasteiger partial charge in [-0.2, -0.15) is 0 Å². The van der Waals surface area contributed by atoms with Crippen LogP contribution < -0.4 is 4.74 Å². The minimum Gasteiger partial charge on any atom is -0.489 e. The molecule has 0 radical (unpaired) electrons. The smallest absolute Gasteiger partial charge is 0.160 e. The third-order valence-electron chi connectivity index (χ3n) is 4.93. The minimum atomic E-state index is 0.578. The molecule has 0 fully saturated rings. The summed E-state index contributed by atoms with van der Waals surface area (Å²) in [7, 11) is 0. The van der Waals surface area contributed by atoms with Gasteiger partial charge in [0.25, 0.3) is 0 Å². The molecule has 0 bridgehead atoms. The number of rotatable bonds is 6. The third-order valence-corrected chi connectivity index (χ3v) is 4.93. The molecule has 2 heterocycles. The number of fused-ring (bicyclic) bond motifs is 1. The fourth-order valence-corrected chi connectivity index (χ4v) is 3.50. The van der Waals surface area contributed by atoms with Gasteiger partial charge in [0, 0.05) is 12.1 Å². The minimum absolute atomic E-state index is 0.578. The Morgan fingerprint density at radius 3 is 2.36 bits per heavy atom. The summed E-state index contributed by atoms with van der Waals surface area (Å²) in [5.41, 5.74) is 6.56. The molecule has 0 N–H and O–H groups in total. The first-order valence-corrected chi connectivity index (χ1v) is 9.73. The molecule has 0 aliphatic rings. The van der Waals surface area contributed by atoms with Crippen LogP contribution in [0.25, 0.3) is 11.2 Å². The summed E-state index contributed by atoms with van der Waals surface area (Å²) < 4.78 is 8.13. The number of benzene rings is 2. The topological polar surface area (TPSA) is 39.9 Å². The van der Waals surface area contributed by atoms with E-state index >= 15 is 0 Å². The van der Waals surface area contributed by atoms with Crippen molar-refractivity contribution in [2.75, 3.05) is 0 Å². The van der Waals surface area contributed by atoms with Crippen LogP contribution in [0.2, 0.25) is 0 Å². The molecule has 4 heteroatoms. The molecule has 0 atom stereocenters. The van der Waals surface area contributed by atoms with E-state index in [4.69, 9.17) is 14.7 Å². The van der Waals surface area contributed by atoms with Crippen LogP contribution in [0.1, 0.15) is 35.1 Å². The van der Waals surface area contributed by atoms with Crippen LogP contribution >= 0.6 is 0 Å². The summed E-state index contributed by atoms with van der Waals surface area (Å²) >= 11 is 0. The average Bonchev–Trinajstić information content (AvgIpc) is 3.06. The van der Waals surface area contributed by atoms with E-state index in [2.05, 4.69) is 48.7 Å². The highest BCUT2D eigenvalue weighted by Crippen LogP contribution is 2.22. The van der Waals surface area contributed by atoms with Gasteiger partial charge in [-0.15, -0.1) is 0 Å². The molecule has 4 aromatic rings. The third kappa shape index (κ3) is 3.77. The maximum atomic E-state index is 5.90. The number of ether oxygens (including phenoxy) is 1. The lowest BCUT2D eigenvalue weighted by atomic mass is 10.2. The highest BCUT2D eigenvalue weighted by molar-refractivity contribution is 5.76. The molecule has 2 aromatic heterocycles. The second-order valence-corrected chi connectivity index (χ2v) is 7.14. The largest absolute Gasteiger partial charge is 0.489 e. The molecule has 28 heavy (non-hydrogen) atoms. The summed E-state index contributed by atoms with van der Waals surface area (Å²) in [5, 5.41) is 0. The molecule has 0 saturated carbocycles. The zero-order chi connectivity index (χ0) is 19.5. The predicted molar refractivity (Wildman–Crippen MR) is 113 cm³/mol. The van der Waals surface area contributed by atoms with Gasteiger partial charge in [-0.3, -0.25) is 0 Å². The maximum Gasteiger partial charge on any atom is 0.160 e. The van der Waals surface area contributed by atoms with E-state index < -0.39 is 0 Å². The Hall–Kier alpha value is -3.14. The lowest BCUT2D eigenvalue weighted by Gasteiger charge is -2.10. The Labute approximate surface area is 165 Å². The predicted octanol–water partition coefficient (Wildman–Crippen LogP) is 5.24. The number of aromatic nitrogens is 3. The summed E-state index contributed by atoms with van der Waals surface area (Å²) in [5.74, 6) is 1.95. The first-order chi connectivity index (χ1) is 13.6. The summed E-state index contributed by atoms with van der Waals surface area (Å²) in [4.78, 5) is 9.58. The van der Waals surface area contributed by atoms with Crippen LogP contribution in [0.3, 0.4) is 0 Å². The average molecular weight is 371 g/mol. The fraction of sp³-hybridized carbons (Fsp3) is 0.250. The van der Waals surface area contributed by atoms with Crippen LogP contribution in [-0.2, 0) is 19.6 Å². The molecular formula is C24H25N3O. The standard InChI is InChI=1S/C24H25N3O/c1-4-22-26-23-17(2)14-18(3)25-24(23)27(22)15-19-10-12-21(13-11-19)28-16-20-8-6-5-7-9-20/h5-14H,4,15-16H2,1-3H3. The van der Waals surface area contributed by atoms with Gasteiger partial charge in [0.2, 0.25) is 0 Å². The van der Waals surface area contributed by atoms with Gasteiger partial charge in [0.1, 0.15) is 23.7 Å². The number of hydrogen-bond donors (Lipinski definition) is 0. The molecule has 0 saturated heterocycles. The molecule has 2 aromatic carbocycles. The van der Waals surface area contributed by atoms with E-state index in [0.29, 0.717) is 6.61 Å². The maximum absolute atomic E-state index is 5.90. The molecular weight excluding hydrogens is 346 g/mol. The molecule has 0 aliphatic carbocycles. The van der Waals surface area contributed by atoms with Crippen molar-refractivity contribution in [2.45, 2.75) is 40.3 Å². The SMILES string of the molecule is CCc1nc2c(C)cc(C)nc2n1Cc1ccc(OCc2ccccc2)cc1. The van der Waals surface area contributed by atoms with Crippen molar-refractivity contribution in [3.63, 3.8) is 0 Å². The van der Waals surface area contributed by atoms with Gasteiger partial charge in [-0.05, 0) is 48.7 Å². The summed E-state index contributed by atoms with van der Waals surface area (Å²) in [6.07, 6.45) is 0.882. The van der Waals surface area contributed by atoms with Crippen LogP contribution in [0.15, 0.2) is 60.7 Å². The number of imidazole rings is 1. The highest BCUT2D eigenvalue weighted by Gasteiger charge is 2.13. The lowest BCUT2D eigenvalue weighted by molar-refractivity contribution is 0.306.